The molecule has 1 aliphatic rings. The fourth-order valence-corrected chi connectivity index (χ4v) is 4.81. The quantitative estimate of drug-likeness (QED) is 0.745. The van der Waals surface area contributed by atoms with Crippen molar-refractivity contribution in [3.05, 3.63) is 54.6 Å². The summed E-state index contributed by atoms with van der Waals surface area (Å²) in [6.45, 7) is 0.494. The van der Waals surface area contributed by atoms with E-state index in [9.17, 15) is 13.2 Å². The molecule has 0 spiro atoms. The van der Waals surface area contributed by atoms with E-state index in [1.807, 2.05) is 6.07 Å². The van der Waals surface area contributed by atoms with Gasteiger partial charge < -0.3 is 11.1 Å². The standard InChI is InChI=1S/C20H25N3O3S.ClH/c1-23(17-9-3-2-4-10-17)27(25,26)18-11-6-8-16(13-18)22-20(24)19-12-5-7-15(19)14-21;/h2-4,6,8-11,13,15,19H,5,7,12,14,21H2,1H3,(H,22,24);1H/t15-,19-;/m1./s1. The summed E-state index contributed by atoms with van der Waals surface area (Å²) in [7, 11) is -2.21. The lowest BCUT2D eigenvalue weighted by Crippen LogP contribution is -2.30. The molecule has 152 valence electrons. The molecule has 3 rings (SSSR count). The lowest BCUT2D eigenvalue weighted by Gasteiger charge is -2.20. The normalized spacial score (nSPS) is 18.9. The summed E-state index contributed by atoms with van der Waals surface area (Å²) < 4.78 is 27.1. The van der Waals surface area contributed by atoms with Crippen molar-refractivity contribution in [2.24, 2.45) is 17.6 Å². The van der Waals surface area contributed by atoms with Gasteiger partial charge in [0.25, 0.3) is 10.0 Å². The Morgan fingerprint density at radius 3 is 2.54 bits per heavy atom. The monoisotopic (exact) mass is 423 g/mol. The number of carbonyl (C=O) groups excluding carboxylic acids is 1. The van der Waals surface area contributed by atoms with Gasteiger partial charge >= 0.3 is 0 Å². The van der Waals surface area contributed by atoms with E-state index in [4.69, 9.17) is 5.73 Å². The Kier molecular flexibility index (Phi) is 7.46. The van der Waals surface area contributed by atoms with Crippen LogP contribution in [0.1, 0.15) is 19.3 Å². The van der Waals surface area contributed by atoms with Crippen molar-refractivity contribution >= 4 is 39.7 Å². The number of para-hydroxylation sites is 1. The SMILES string of the molecule is CN(c1ccccc1)S(=O)(=O)c1cccc(NC(=O)[C@@H]2CCC[C@@H]2CN)c1.Cl. The van der Waals surface area contributed by atoms with Crippen LogP contribution in [0.25, 0.3) is 0 Å². The van der Waals surface area contributed by atoms with Crippen molar-refractivity contribution in [2.75, 3.05) is 23.2 Å². The minimum absolute atomic E-state index is 0. The molecule has 28 heavy (non-hydrogen) atoms. The molecule has 0 aliphatic heterocycles. The van der Waals surface area contributed by atoms with Gasteiger partial charge in [-0.05, 0) is 55.6 Å². The first-order chi connectivity index (χ1) is 12.9. The molecule has 2 aromatic rings. The number of hydrogen-bond donors (Lipinski definition) is 2. The molecule has 0 unspecified atom stereocenters. The Morgan fingerprint density at radius 1 is 1.14 bits per heavy atom. The number of nitrogens with zero attached hydrogens (tertiary/aromatic N) is 1. The average Bonchev–Trinajstić information content (AvgIpc) is 3.17. The minimum Gasteiger partial charge on any atom is -0.330 e. The molecule has 1 fully saturated rings. The van der Waals surface area contributed by atoms with Crippen LogP contribution in [0.2, 0.25) is 0 Å². The number of nitrogens with one attached hydrogen (secondary N) is 1. The van der Waals surface area contributed by atoms with Gasteiger partial charge in [-0.3, -0.25) is 9.10 Å². The third-order valence-electron chi connectivity index (χ3n) is 5.18. The molecule has 0 saturated heterocycles. The van der Waals surface area contributed by atoms with Gasteiger partial charge in [-0.25, -0.2) is 8.42 Å². The summed E-state index contributed by atoms with van der Waals surface area (Å²) in [5.74, 6) is -0.00250. The van der Waals surface area contributed by atoms with E-state index >= 15 is 0 Å². The average molecular weight is 424 g/mol. The maximum absolute atomic E-state index is 12.9. The lowest BCUT2D eigenvalue weighted by atomic mass is 9.95. The van der Waals surface area contributed by atoms with Crippen LogP contribution < -0.4 is 15.4 Å². The van der Waals surface area contributed by atoms with E-state index in [0.29, 0.717) is 17.9 Å². The molecule has 2 aromatic carbocycles. The van der Waals surface area contributed by atoms with Crippen LogP contribution in [0.15, 0.2) is 59.5 Å². The Bertz CT molecular complexity index is 906. The van der Waals surface area contributed by atoms with Gasteiger partial charge in [0.2, 0.25) is 5.91 Å². The summed E-state index contributed by atoms with van der Waals surface area (Å²) in [5, 5.41) is 2.86. The Morgan fingerprint density at radius 2 is 1.86 bits per heavy atom. The largest absolute Gasteiger partial charge is 0.330 e. The summed E-state index contributed by atoms with van der Waals surface area (Å²) >= 11 is 0. The Labute approximate surface area is 172 Å². The van der Waals surface area contributed by atoms with Gasteiger partial charge in [0, 0.05) is 18.7 Å². The number of nitrogens with two attached hydrogens (primary N) is 1. The molecule has 1 saturated carbocycles. The van der Waals surface area contributed by atoms with E-state index in [1.165, 1.54) is 23.5 Å². The van der Waals surface area contributed by atoms with E-state index in [-0.39, 0.29) is 35.0 Å². The van der Waals surface area contributed by atoms with Crippen molar-refractivity contribution in [2.45, 2.75) is 24.2 Å². The molecular weight excluding hydrogens is 398 g/mol. The highest BCUT2D eigenvalue weighted by atomic mass is 35.5. The van der Waals surface area contributed by atoms with Crippen molar-refractivity contribution in [3.8, 4) is 0 Å². The highest BCUT2D eigenvalue weighted by Gasteiger charge is 2.32. The van der Waals surface area contributed by atoms with Crippen LogP contribution in [-0.4, -0.2) is 27.9 Å². The summed E-state index contributed by atoms with van der Waals surface area (Å²) in [6, 6.07) is 15.2. The first-order valence-corrected chi connectivity index (χ1v) is 10.5. The Hall–Kier alpha value is -2.09. The highest BCUT2D eigenvalue weighted by molar-refractivity contribution is 7.92. The van der Waals surface area contributed by atoms with Crippen LogP contribution in [0.3, 0.4) is 0 Å². The third kappa shape index (κ3) is 4.66. The molecule has 1 amide bonds. The van der Waals surface area contributed by atoms with Crippen LogP contribution in [-0.2, 0) is 14.8 Å². The number of sulfonamides is 1. The maximum Gasteiger partial charge on any atom is 0.264 e. The zero-order valence-corrected chi connectivity index (χ0v) is 17.4. The zero-order chi connectivity index (χ0) is 19.4. The van der Waals surface area contributed by atoms with E-state index in [1.54, 1.807) is 36.4 Å². The number of benzene rings is 2. The van der Waals surface area contributed by atoms with E-state index in [0.717, 1.165) is 19.3 Å². The molecular formula is C20H26ClN3O3S. The molecule has 0 aromatic heterocycles. The maximum atomic E-state index is 12.9. The predicted molar refractivity (Wildman–Crippen MR) is 114 cm³/mol. The molecule has 0 bridgehead atoms. The van der Waals surface area contributed by atoms with Crippen LogP contribution >= 0.6 is 12.4 Å². The fourth-order valence-electron chi connectivity index (χ4n) is 3.57. The van der Waals surface area contributed by atoms with Gasteiger partial charge in [-0.1, -0.05) is 30.7 Å². The van der Waals surface area contributed by atoms with Crippen molar-refractivity contribution in [1.29, 1.82) is 0 Å². The second-order valence-corrected chi connectivity index (χ2v) is 8.83. The lowest BCUT2D eigenvalue weighted by molar-refractivity contribution is -0.120. The number of halogens is 1. The van der Waals surface area contributed by atoms with Crippen molar-refractivity contribution < 1.29 is 13.2 Å². The second kappa shape index (κ2) is 9.41. The van der Waals surface area contributed by atoms with Gasteiger partial charge in [0.15, 0.2) is 0 Å². The molecule has 0 heterocycles. The van der Waals surface area contributed by atoms with E-state index < -0.39 is 10.0 Å². The van der Waals surface area contributed by atoms with Gasteiger partial charge in [0.1, 0.15) is 0 Å². The predicted octanol–water partition coefficient (Wildman–Crippen LogP) is 3.25. The number of anilines is 2. The zero-order valence-electron chi connectivity index (χ0n) is 15.7. The molecule has 1 aliphatic carbocycles. The van der Waals surface area contributed by atoms with Crippen LogP contribution in [0.4, 0.5) is 11.4 Å². The number of hydrogen-bond acceptors (Lipinski definition) is 4. The molecule has 8 heteroatoms. The molecule has 2 atom stereocenters. The van der Waals surface area contributed by atoms with Gasteiger partial charge in [-0.2, -0.15) is 0 Å². The van der Waals surface area contributed by atoms with Crippen LogP contribution in [0.5, 0.6) is 0 Å². The topological polar surface area (TPSA) is 92.5 Å². The smallest absolute Gasteiger partial charge is 0.264 e. The Balaban J connectivity index is 0.00000280. The highest BCUT2D eigenvalue weighted by Crippen LogP contribution is 2.32. The third-order valence-corrected chi connectivity index (χ3v) is 6.96. The number of amides is 1. The van der Waals surface area contributed by atoms with Crippen LogP contribution in [0, 0.1) is 11.8 Å². The first-order valence-electron chi connectivity index (χ1n) is 9.08. The van der Waals surface area contributed by atoms with E-state index in [2.05, 4.69) is 5.32 Å². The summed E-state index contributed by atoms with van der Waals surface area (Å²) in [6.07, 6.45) is 2.78. The van der Waals surface area contributed by atoms with Gasteiger partial charge in [-0.15, -0.1) is 12.4 Å². The first kappa shape index (κ1) is 22.2. The number of rotatable bonds is 6. The van der Waals surface area contributed by atoms with Crippen molar-refractivity contribution in [3.63, 3.8) is 0 Å². The van der Waals surface area contributed by atoms with Crippen molar-refractivity contribution in [1.82, 2.24) is 0 Å². The minimum atomic E-state index is -3.72. The molecule has 3 N–H and O–H groups in total. The van der Waals surface area contributed by atoms with Gasteiger partial charge in [0.05, 0.1) is 10.6 Å². The molecule has 0 radical (unpaired) electrons. The summed E-state index contributed by atoms with van der Waals surface area (Å²) in [5.41, 5.74) is 6.81. The number of carbonyl (C=O) groups is 1. The fraction of sp³-hybridized carbons (Fsp3) is 0.350. The second-order valence-electron chi connectivity index (χ2n) is 6.86. The summed E-state index contributed by atoms with van der Waals surface area (Å²) in [4.78, 5) is 12.7. The molecule has 6 nitrogen and oxygen atoms in total.